The number of hydrogen-bond donors (Lipinski definition) is 1. The van der Waals surface area contributed by atoms with E-state index in [9.17, 15) is 19.2 Å². The van der Waals surface area contributed by atoms with Gasteiger partial charge in [-0.3, -0.25) is 4.57 Å². The van der Waals surface area contributed by atoms with Crippen LogP contribution < -0.4 is 11.4 Å². The fraction of sp³-hybridized carbons (Fsp3) is 0.172. The van der Waals surface area contributed by atoms with E-state index in [1.54, 1.807) is 78.9 Å². The van der Waals surface area contributed by atoms with Crippen LogP contribution in [-0.4, -0.2) is 58.4 Å². The van der Waals surface area contributed by atoms with Gasteiger partial charge in [-0.15, -0.1) is 0 Å². The lowest BCUT2D eigenvalue weighted by Crippen LogP contribution is -2.41. The minimum atomic E-state index is -1.39. The van der Waals surface area contributed by atoms with Crippen LogP contribution in [0.25, 0.3) is 0 Å². The van der Waals surface area contributed by atoms with Crippen molar-refractivity contribution in [1.29, 1.82) is 0 Å². The lowest BCUT2D eigenvalue weighted by molar-refractivity contribution is -0.115. The number of nitrogens with two attached hydrogens (primary N) is 1. The second kappa shape index (κ2) is 14.1. The summed E-state index contributed by atoms with van der Waals surface area (Å²) in [7, 11) is 0. The first kappa shape index (κ1) is 28.6. The standard InChI is InChI=1S/C29H26N4O8/c30-28-31-19-33(29(37)32-28)24(38-16-17-39-25(34)20-10-4-1-5-11-20)23(41-27(36)22-14-8-3-9-15-22)18-40-26(35)21-12-6-2-7-13-21/h1-15,19,23-24H,16-18H2,(H2,30,32,37)/t23?,24-/m0/s1. The van der Waals surface area contributed by atoms with E-state index < -0.39 is 42.5 Å². The van der Waals surface area contributed by atoms with Crippen molar-refractivity contribution in [3.05, 3.63) is 124 Å². The molecule has 1 heterocycles. The van der Waals surface area contributed by atoms with Crippen LogP contribution >= 0.6 is 0 Å². The summed E-state index contributed by atoms with van der Waals surface area (Å²) in [5.41, 5.74) is 5.50. The van der Waals surface area contributed by atoms with Crippen molar-refractivity contribution in [1.82, 2.24) is 14.5 Å². The number of esters is 3. The minimum absolute atomic E-state index is 0.210. The summed E-state index contributed by atoms with van der Waals surface area (Å²) >= 11 is 0. The molecule has 0 aliphatic carbocycles. The third-order valence-corrected chi connectivity index (χ3v) is 5.61. The van der Waals surface area contributed by atoms with Crippen LogP contribution in [0.2, 0.25) is 0 Å². The molecule has 1 aromatic heterocycles. The van der Waals surface area contributed by atoms with Gasteiger partial charge in [0.25, 0.3) is 0 Å². The zero-order chi connectivity index (χ0) is 29.0. The van der Waals surface area contributed by atoms with Crippen LogP contribution in [0.15, 0.2) is 102 Å². The third kappa shape index (κ3) is 8.07. The zero-order valence-electron chi connectivity index (χ0n) is 21.7. The van der Waals surface area contributed by atoms with E-state index in [4.69, 9.17) is 24.7 Å². The Balaban J connectivity index is 1.56. The Morgan fingerprint density at radius 1 is 0.732 bits per heavy atom. The molecule has 0 aliphatic rings. The van der Waals surface area contributed by atoms with Crippen LogP contribution in [0.4, 0.5) is 5.95 Å². The lowest BCUT2D eigenvalue weighted by Gasteiger charge is -2.28. The molecule has 12 heteroatoms. The predicted molar refractivity (Wildman–Crippen MR) is 145 cm³/mol. The van der Waals surface area contributed by atoms with Gasteiger partial charge >= 0.3 is 23.6 Å². The minimum Gasteiger partial charge on any atom is -0.460 e. The van der Waals surface area contributed by atoms with Crippen LogP contribution in [-0.2, 0) is 18.9 Å². The predicted octanol–water partition coefficient (Wildman–Crippen LogP) is 2.68. The van der Waals surface area contributed by atoms with Gasteiger partial charge in [-0.1, -0.05) is 54.6 Å². The Morgan fingerprint density at radius 2 is 1.24 bits per heavy atom. The van der Waals surface area contributed by atoms with E-state index in [0.717, 1.165) is 10.9 Å². The van der Waals surface area contributed by atoms with Crippen molar-refractivity contribution in [2.75, 3.05) is 25.6 Å². The molecule has 12 nitrogen and oxygen atoms in total. The average Bonchev–Trinajstić information content (AvgIpc) is 3.01. The summed E-state index contributed by atoms with van der Waals surface area (Å²) in [6.07, 6.45) is -1.69. The molecular formula is C29H26N4O8. The van der Waals surface area contributed by atoms with E-state index in [1.165, 1.54) is 12.1 Å². The van der Waals surface area contributed by atoms with Gasteiger partial charge in [-0.05, 0) is 36.4 Å². The molecule has 4 aromatic rings. The van der Waals surface area contributed by atoms with Crippen LogP contribution in [0, 0.1) is 0 Å². The topological polar surface area (TPSA) is 162 Å². The van der Waals surface area contributed by atoms with Crippen molar-refractivity contribution in [2.45, 2.75) is 12.3 Å². The van der Waals surface area contributed by atoms with E-state index in [2.05, 4.69) is 9.97 Å². The fourth-order valence-electron chi connectivity index (χ4n) is 3.63. The number of benzene rings is 3. The number of hydrogen-bond acceptors (Lipinski definition) is 11. The van der Waals surface area contributed by atoms with Gasteiger partial charge < -0.3 is 24.7 Å². The summed E-state index contributed by atoms with van der Waals surface area (Å²) in [5.74, 6) is -2.32. The Kier molecular flexibility index (Phi) is 9.88. The highest BCUT2D eigenvalue weighted by atomic mass is 16.6. The van der Waals surface area contributed by atoms with Crippen LogP contribution in [0.5, 0.6) is 0 Å². The average molecular weight is 559 g/mol. The summed E-state index contributed by atoms with van der Waals surface area (Å²) < 4.78 is 23.2. The molecule has 0 saturated carbocycles. The number of carbonyl (C=O) groups is 3. The van der Waals surface area contributed by atoms with Gasteiger partial charge in [0, 0.05) is 0 Å². The smallest absolute Gasteiger partial charge is 0.354 e. The largest absolute Gasteiger partial charge is 0.460 e. The second-order valence-corrected chi connectivity index (χ2v) is 8.44. The van der Waals surface area contributed by atoms with Gasteiger partial charge in [-0.2, -0.15) is 4.98 Å². The highest BCUT2D eigenvalue weighted by Crippen LogP contribution is 2.19. The number of anilines is 1. The number of rotatable bonds is 12. The molecule has 41 heavy (non-hydrogen) atoms. The molecule has 0 saturated heterocycles. The van der Waals surface area contributed by atoms with E-state index in [1.807, 2.05) is 0 Å². The number of aromatic nitrogens is 3. The fourth-order valence-corrected chi connectivity index (χ4v) is 3.63. The molecule has 0 spiro atoms. The first-order valence-corrected chi connectivity index (χ1v) is 12.4. The Bertz CT molecular complexity index is 1510. The monoisotopic (exact) mass is 558 g/mol. The van der Waals surface area contributed by atoms with E-state index in [-0.39, 0.29) is 30.3 Å². The Labute approximate surface area is 234 Å². The van der Waals surface area contributed by atoms with Gasteiger partial charge in [0.1, 0.15) is 19.5 Å². The zero-order valence-corrected chi connectivity index (χ0v) is 21.7. The number of nitrogen functional groups attached to an aromatic ring is 1. The molecule has 0 amide bonds. The Morgan fingerprint density at radius 3 is 1.78 bits per heavy atom. The molecular weight excluding hydrogens is 532 g/mol. The first-order valence-electron chi connectivity index (χ1n) is 12.4. The van der Waals surface area contributed by atoms with Crippen LogP contribution in [0.3, 0.4) is 0 Å². The van der Waals surface area contributed by atoms with Gasteiger partial charge in [0.15, 0.2) is 12.3 Å². The molecule has 2 N–H and O–H groups in total. The first-order chi connectivity index (χ1) is 19.9. The molecule has 0 radical (unpaired) electrons. The van der Waals surface area contributed by atoms with Gasteiger partial charge in [0.2, 0.25) is 5.95 Å². The summed E-state index contributed by atoms with van der Waals surface area (Å²) in [6.45, 7) is -0.943. The molecule has 0 fully saturated rings. The molecule has 2 atom stereocenters. The van der Waals surface area contributed by atoms with Crippen molar-refractivity contribution in [2.24, 2.45) is 0 Å². The summed E-state index contributed by atoms with van der Waals surface area (Å²) in [4.78, 5) is 58.2. The Hall–Kier alpha value is -5.36. The maximum absolute atomic E-state index is 13.0. The highest BCUT2D eigenvalue weighted by Gasteiger charge is 2.31. The molecule has 0 bridgehead atoms. The summed E-state index contributed by atoms with van der Waals surface area (Å²) in [5, 5.41) is 0. The van der Waals surface area contributed by atoms with Crippen molar-refractivity contribution in [3.63, 3.8) is 0 Å². The number of ether oxygens (including phenoxy) is 4. The van der Waals surface area contributed by atoms with Crippen molar-refractivity contribution < 1.29 is 33.3 Å². The molecule has 1 unspecified atom stereocenters. The van der Waals surface area contributed by atoms with Crippen LogP contribution in [0.1, 0.15) is 37.3 Å². The summed E-state index contributed by atoms with van der Waals surface area (Å²) in [6, 6.07) is 24.6. The SMILES string of the molecule is Nc1ncn([C@@H](OCCOC(=O)c2ccccc2)C(COC(=O)c2ccccc2)OC(=O)c2ccccc2)c(=O)n1. The van der Waals surface area contributed by atoms with Crippen molar-refractivity contribution in [3.8, 4) is 0 Å². The highest BCUT2D eigenvalue weighted by molar-refractivity contribution is 5.90. The number of nitrogens with zero attached hydrogens (tertiary/aromatic N) is 3. The normalized spacial score (nSPS) is 12.1. The molecule has 4 rings (SSSR count). The third-order valence-electron chi connectivity index (χ3n) is 5.61. The molecule has 210 valence electrons. The van der Waals surface area contributed by atoms with Gasteiger partial charge in [-0.25, -0.2) is 24.2 Å². The quantitative estimate of drug-likeness (QED) is 0.155. The maximum atomic E-state index is 13.0. The second-order valence-electron chi connectivity index (χ2n) is 8.44. The van der Waals surface area contributed by atoms with E-state index >= 15 is 0 Å². The maximum Gasteiger partial charge on any atom is 0.354 e. The van der Waals surface area contributed by atoms with Crippen molar-refractivity contribution >= 4 is 23.9 Å². The molecule has 3 aromatic carbocycles. The lowest BCUT2D eigenvalue weighted by atomic mass is 10.2. The molecule has 0 aliphatic heterocycles. The number of carbonyl (C=O) groups excluding carboxylic acids is 3. The van der Waals surface area contributed by atoms with Gasteiger partial charge in [0.05, 0.1) is 23.3 Å². The van der Waals surface area contributed by atoms with E-state index in [0.29, 0.717) is 5.56 Å².